The van der Waals surface area contributed by atoms with Gasteiger partial charge in [-0.25, -0.2) is 4.98 Å². The van der Waals surface area contributed by atoms with Gasteiger partial charge in [-0.2, -0.15) is 0 Å². The maximum Gasteiger partial charge on any atom is 0.0951 e. The van der Waals surface area contributed by atoms with Crippen molar-refractivity contribution < 1.29 is 4.74 Å². The Labute approximate surface area is 72.4 Å². The van der Waals surface area contributed by atoms with Crippen LogP contribution in [0, 0.1) is 6.92 Å². The lowest BCUT2D eigenvalue weighted by Crippen LogP contribution is -2.21. The van der Waals surface area contributed by atoms with E-state index in [0.29, 0.717) is 6.04 Å². The van der Waals surface area contributed by atoms with E-state index in [2.05, 4.69) is 16.5 Å². The van der Waals surface area contributed by atoms with Gasteiger partial charge in [-0.05, 0) is 19.8 Å². The molecule has 0 N–H and O–H groups in total. The van der Waals surface area contributed by atoms with Crippen molar-refractivity contribution in [2.24, 2.45) is 0 Å². The molecule has 1 aliphatic rings. The lowest BCUT2D eigenvalue weighted by molar-refractivity contribution is 0.0585. The van der Waals surface area contributed by atoms with Gasteiger partial charge in [0.2, 0.25) is 0 Å². The Morgan fingerprint density at radius 3 is 3.17 bits per heavy atom. The van der Waals surface area contributed by atoms with Crippen molar-refractivity contribution in [2.75, 3.05) is 13.2 Å². The fourth-order valence-electron chi connectivity index (χ4n) is 1.70. The van der Waals surface area contributed by atoms with E-state index in [-0.39, 0.29) is 0 Å². The predicted molar refractivity (Wildman–Crippen MR) is 46.1 cm³/mol. The highest BCUT2D eigenvalue weighted by Gasteiger charge is 2.16. The Hall–Kier alpha value is -0.830. The fraction of sp³-hybridized carbons (Fsp3) is 0.667. The van der Waals surface area contributed by atoms with Crippen molar-refractivity contribution in [2.45, 2.75) is 25.8 Å². The van der Waals surface area contributed by atoms with Crippen molar-refractivity contribution in [1.29, 1.82) is 0 Å². The molecule has 1 saturated heterocycles. The number of hydrogen-bond donors (Lipinski definition) is 0. The summed E-state index contributed by atoms with van der Waals surface area (Å²) >= 11 is 0. The van der Waals surface area contributed by atoms with Crippen LogP contribution in [0.5, 0.6) is 0 Å². The smallest absolute Gasteiger partial charge is 0.0951 e. The molecule has 3 heteroatoms. The molecule has 1 fully saturated rings. The zero-order valence-electron chi connectivity index (χ0n) is 7.36. The summed E-state index contributed by atoms with van der Waals surface area (Å²) in [5.74, 6) is 0. The Bertz CT molecular complexity index is 251. The minimum atomic E-state index is 0.515. The van der Waals surface area contributed by atoms with Gasteiger partial charge in [0.05, 0.1) is 19.0 Å². The summed E-state index contributed by atoms with van der Waals surface area (Å²) in [4.78, 5) is 4.10. The maximum absolute atomic E-state index is 5.41. The third-order valence-corrected chi connectivity index (χ3v) is 2.39. The van der Waals surface area contributed by atoms with E-state index in [9.17, 15) is 0 Å². The normalized spacial score (nSPS) is 24.2. The molecule has 1 aliphatic heterocycles. The molecule has 0 saturated carbocycles. The lowest BCUT2D eigenvalue weighted by Gasteiger charge is -2.24. The molecular formula is C9H14N2O. The van der Waals surface area contributed by atoms with Crippen LogP contribution in [0.15, 0.2) is 12.5 Å². The lowest BCUT2D eigenvalue weighted by atomic mass is 10.1. The summed E-state index contributed by atoms with van der Waals surface area (Å²) in [5.41, 5.74) is 1.23. The van der Waals surface area contributed by atoms with E-state index in [0.717, 1.165) is 13.2 Å². The van der Waals surface area contributed by atoms with Gasteiger partial charge in [0.1, 0.15) is 0 Å². The first-order valence-corrected chi connectivity index (χ1v) is 4.44. The van der Waals surface area contributed by atoms with E-state index >= 15 is 0 Å². The van der Waals surface area contributed by atoms with Gasteiger partial charge in [0, 0.05) is 18.5 Å². The Kier molecular flexibility index (Phi) is 2.13. The summed E-state index contributed by atoms with van der Waals surface area (Å²) in [7, 11) is 0. The third-order valence-electron chi connectivity index (χ3n) is 2.39. The molecule has 66 valence electrons. The van der Waals surface area contributed by atoms with Crippen molar-refractivity contribution in [1.82, 2.24) is 9.55 Å². The van der Waals surface area contributed by atoms with Crippen LogP contribution in [0.4, 0.5) is 0 Å². The number of ether oxygens (including phenoxy) is 1. The zero-order valence-corrected chi connectivity index (χ0v) is 7.36. The standard InChI is InChI=1S/C9H14N2O/c1-8-5-10-7-11(8)9-3-2-4-12-6-9/h5,7,9H,2-4,6H2,1H3. The second kappa shape index (κ2) is 3.27. The van der Waals surface area contributed by atoms with Gasteiger partial charge in [0.15, 0.2) is 0 Å². The maximum atomic E-state index is 5.41. The minimum absolute atomic E-state index is 0.515. The molecule has 0 aromatic carbocycles. The fourth-order valence-corrected chi connectivity index (χ4v) is 1.70. The van der Waals surface area contributed by atoms with E-state index in [1.54, 1.807) is 0 Å². The Balaban J connectivity index is 2.13. The predicted octanol–water partition coefficient (Wildman–Crippen LogP) is 1.54. The highest BCUT2D eigenvalue weighted by Crippen LogP contribution is 2.20. The van der Waals surface area contributed by atoms with Crippen LogP contribution < -0.4 is 0 Å². The summed E-state index contributed by atoms with van der Waals surface area (Å²) in [6.45, 7) is 3.85. The summed E-state index contributed by atoms with van der Waals surface area (Å²) in [6.07, 6.45) is 6.18. The highest BCUT2D eigenvalue weighted by molar-refractivity contribution is 4.97. The Morgan fingerprint density at radius 2 is 2.58 bits per heavy atom. The number of aryl methyl sites for hydroxylation is 1. The molecule has 1 aromatic rings. The monoisotopic (exact) mass is 166 g/mol. The highest BCUT2D eigenvalue weighted by atomic mass is 16.5. The molecule has 0 radical (unpaired) electrons. The third kappa shape index (κ3) is 1.37. The zero-order chi connectivity index (χ0) is 8.39. The van der Waals surface area contributed by atoms with Crippen molar-refractivity contribution in [3.63, 3.8) is 0 Å². The summed E-state index contributed by atoms with van der Waals surface area (Å²) < 4.78 is 7.62. The van der Waals surface area contributed by atoms with Crippen molar-refractivity contribution in [3.8, 4) is 0 Å². The van der Waals surface area contributed by atoms with Gasteiger partial charge >= 0.3 is 0 Å². The van der Waals surface area contributed by atoms with Crippen LogP contribution >= 0.6 is 0 Å². The van der Waals surface area contributed by atoms with Crippen molar-refractivity contribution in [3.05, 3.63) is 18.2 Å². The molecule has 0 amide bonds. The second-order valence-corrected chi connectivity index (χ2v) is 3.31. The van der Waals surface area contributed by atoms with Crippen LogP contribution in [0.3, 0.4) is 0 Å². The number of nitrogens with zero attached hydrogens (tertiary/aromatic N) is 2. The molecule has 2 heterocycles. The molecule has 1 aromatic heterocycles. The van der Waals surface area contributed by atoms with E-state index in [4.69, 9.17) is 4.74 Å². The van der Waals surface area contributed by atoms with Crippen LogP contribution in [0.2, 0.25) is 0 Å². The number of imidazole rings is 1. The van der Waals surface area contributed by atoms with Gasteiger partial charge < -0.3 is 9.30 Å². The first kappa shape index (κ1) is 7.80. The van der Waals surface area contributed by atoms with E-state index < -0.39 is 0 Å². The van der Waals surface area contributed by atoms with E-state index in [1.165, 1.54) is 18.5 Å². The van der Waals surface area contributed by atoms with Gasteiger partial charge in [-0.1, -0.05) is 0 Å². The minimum Gasteiger partial charge on any atom is -0.379 e. The van der Waals surface area contributed by atoms with Gasteiger partial charge in [-0.3, -0.25) is 0 Å². The van der Waals surface area contributed by atoms with Crippen LogP contribution in [-0.2, 0) is 4.74 Å². The van der Waals surface area contributed by atoms with Crippen molar-refractivity contribution >= 4 is 0 Å². The molecule has 1 atom stereocenters. The quantitative estimate of drug-likeness (QED) is 0.632. The SMILES string of the molecule is Cc1cncn1C1CCCOC1. The topological polar surface area (TPSA) is 27.1 Å². The first-order valence-electron chi connectivity index (χ1n) is 4.44. The molecule has 2 rings (SSSR count). The summed E-state index contributed by atoms with van der Waals surface area (Å²) in [5, 5.41) is 0. The summed E-state index contributed by atoms with van der Waals surface area (Å²) in [6, 6.07) is 0.515. The molecule has 0 aliphatic carbocycles. The van der Waals surface area contributed by atoms with Gasteiger partial charge in [-0.15, -0.1) is 0 Å². The number of aromatic nitrogens is 2. The molecule has 3 nitrogen and oxygen atoms in total. The number of hydrogen-bond acceptors (Lipinski definition) is 2. The van der Waals surface area contributed by atoms with Crippen LogP contribution in [0.25, 0.3) is 0 Å². The van der Waals surface area contributed by atoms with Gasteiger partial charge in [0.25, 0.3) is 0 Å². The van der Waals surface area contributed by atoms with E-state index in [1.807, 2.05) is 12.5 Å². The van der Waals surface area contributed by atoms with Crippen LogP contribution in [0.1, 0.15) is 24.6 Å². The van der Waals surface area contributed by atoms with Crippen LogP contribution in [-0.4, -0.2) is 22.8 Å². The molecule has 12 heavy (non-hydrogen) atoms. The Morgan fingerprint density at radius 1 is 1.67 bits per heavy atom. The molecule has 0 spiro atoms. The average Bonchev–Trinajstić information content (AvgIpc) is 2.53. The molecular weight excluding hydrogens is 152 g/mol. The number of rotatable bonds is 1. The average molecular weight is 166 g/mol. The first-order chi connectivity index (χ1) is 5.88. The molecule has 0 bridgehead atoms. The molecule has 1 unspecified atom stereocenters. The second-order valence-electron chi connectivity index (χ2n) is 3.31. The largest absolute Gasteiger partial charge is 0.379 e.